The third-order valence-electron chi connectivity index (χ3n) is 7.14. The van der Waals surface area contributed by atoms with E-state index in [-0.39, 0.29) is 37.5 Å². The lowest BCUT2D eigenvalue weighted by molar-refractivity contribution is -0.189. The fraction of sp³-hybridized carbons (Fsp3) is 0.433. The Kier molecular flexibility index (Phi) is 9.39. The Morgan fingerprint density at radius 1 is 1.00 bits per heavy atom. The van der Waals surface area contributed by atoms with Crippen molar-refractivity contribution in [3.05, 3.63) is 71.8 Å². The molecule has 2 atom stereocenters. The van der Waals surface area contributed by atoms with Gasteiger partial charge >= 0.3 is 6.03 Å². The van der Waals surface area contributed by atoms with Crippen LogP contribution >= 0.6 is 0 Å². The Hall–Kier alpha value is -3.83. The molecule has 200 valence electrons. The molecule has 4 rings (SSSR count). The van der Waals surface area contributed by atoms with Gasteiger partial charge in [0.25, 0.3) is 0 Å². The summed E-state index contributed by atoms with van der Waals surface area (Å²) in [6.45, 7) is 3.36. The molecule has 8 heteroatoms. The number of rotatable bonds is 10. The van der Waals surface area contributed by atoms with Gasteiger partial charge in [-0.1, -0.05) is 99.2 Å². The summed E-state index contributed by atoms with van der Waals surface area (Å²) < 4.78 is 0. The van der Waals surface area contributed by atoms with Crippen molar-refractivity contribution < 1.29 is 14.4 Å². The van der Waals surface area contributed by atoms with Crippen LogP contribution in [0.25, 0.3) is 0 Å². The van der Waals surface area contributed by atoms with Crippen LogP contribution in [0.5, 0.6) is 0 Å². The Labute approximate surface area is 225 Å². The predicted octanol–water partition coefficient (Wildman–Crippen LogP) is 3.77. The monoisotopic (exact) mass is 515 g/mol. The number of nitrogens with one attached hydrogen (secondary N) is 1. The topological polar surface area (TPSA) is 76.2 Å². The summed E-state index contributed by atoms with van der Waals surface area (Å²) in [5.41, 5.74) is 1.70. The number of terminal acetylenes is 1. The zero-order chi connectivity index (χ0) is 26.9. The number of hydrogen-bond acceptors (Lipinski definition) is 4. The van der Waals surface area contributed by atoms with E-state index in [1.54, 1.807) is 14.9 Å². The van der Waals surface area contributed by atoms with Gasteiger partial charge in [-0.2, -0.15) is 5.01 Å². The molecule has 2 aromatic rings. The average Bonchev–Trinajstić information content (AvgIpc) is 2.93. The van der Waals surface area contributed by atoms with Gasteiger partial charge < -0.3 is 15.1 Å². The van der Waals surface area contributed by atoms with Crippen molar-refractivity contribution in [2.45, 2.75) is 57.8 Å². The number of piperazine rings is 1. The van der Waals surface area contributed by atoms with E-state index in [0.717, 1.165) is 36.8 Å². The van der Waals surface area contributed by atoms with Gasteiger partial charge in [-0.15, -0.1) is 6.42 Å². The van der Waals surface area contributed by atoms with E-state index in [0.29, 0.717) is 13.1 Å². The highest BCUT2D eigenvalue weighted by Gasteiger charge is 2.51. The summed E-state index contributed by atoms with van der Waals surface area (Å²) in [6, 6.07) is 17.8. The van der Waals surface area contributed by atoms with Gasteiger partial charge in [-0.3, -0.25) is 9.59 Å². The molecule has 1 N–H and O–H groups in total. The van der Waals surface area contributed by atoms with Crippen LogP contribution in [0, 0.1) is 12.3 Å². The van der Waals surface area contributed by atoms with Crippen molar-refractivity contribution in [3.63, 3.8) is 0 Å². The number of amides is 4. The molecule has 0 unspecified atom stereocenters. The number of nitrogens with zero attached hydrogens (tertiary/aromatic N) is 4. The molecule has 4 amide bonds. The second-order valence-corrected chi connectivity index (χ2v) is 9.81. The molecule has 2 aliphatic rings. The molecule has 2 fully saturated rings. The van der Waals surface area contributed by atoms with E-state index < -0.39 is 12.2 Å². The molecule has 2 heterocycles. The minimum atomic E-state index is -0.796. The molecule has 2 aromatic carbocycles. The van der Waals surface area contributed by atoms with Crippen LogP contribution < -0.4 is 5.32 Å². The highest BCUT2D eigenvalue weighted by Crippen LogP contribution is 2.35. The molecule has 8 nitrogen and oxygen atoms in total. The summed E-state index contributed by atoms with van der Waals surface area (Å²) in [7, 11) is 0. The van der Waals surface area contributed by atoms with Crippen molar-refractivity contribution in [3.8, 4) is 12.3 Å². The number of benzene rings is 2. The first-order chi connectivity index (χ1) is 18.5. The molecule has 0 aliphatic carbocycles. The highest BCUT2D eigenvalue weighted by atomic mass is 16.2. The van der Waals surface area contributed by atoms with E-state index in [2.05, 4.69) is 18.2 Å². The SMILES string of the molecule is C#CCN1CC(=O)N2[C@@H](c3ccccc3)C(=O)N(CCCCCCC)C[C@@H]2N1C(=O)NCc1ccccc1. The van der Waals surface area contributed by atoms with Crippen LogP contribution in [0.2, 0.25) is 0 Å². The first-order valence-electron chi connectivity index (χ1n) is 13.5. The molecule has 0 radical (unpaired) electrons. The zero-order valence-corrected chi connectivity index (χ0v) is 22.1. The van der Waals surface area contributed by atoms with Crippen molar-refractivity contribution in [2.24, 2.45) is 0 Å². The maximum atomic E-state index is 13.8. The van der Waals surface area contributed by atoms with E-state index >= 15 is 0 Å². The number of hydrazine groups is 1. The van der Waals surface area contributed by atoms with Gasteiger partial charge in [0.15, 0.2) is 0 Å². The second-order valence-electron chi connectivity index (χ2n) is 9.81. The Bertz CT molecular complexity index is 1130. The second kappa shape index (κ2) is 13.1. The quantitative estimate of drug-likeness (QED) is 0.386. The van der Waals surface area contributed by atoms with Crippen molar-refractivity contribution in [2.75, 3.05) is 26.2 Å². The van der Waals surface area contributed by atoms with Crippen LogP contribution in [0.1, 0.15) is 56.2 Å². The van der Waals surface area contributed by atoms with Gasteiger partial charge in [0.2, 0.25) is 11.8 Å². The van der Waals surface area contributed by atoms with Crippen LogP contribution in [-0.2, 0) is 16.1 Å². The standard InChI is InChI=1S/C30H37N5O3/c1-3-5-6-7-14-20-32-22-26-34(28(29(32)37)25-17-12-9-13-18-25)27(36)23-33(19-4-2)35(26)30(38)31-21-24-15-10-8-11-16-24/h2,8-13,15-18,26,28H,3,5-7,14,19-23H2,1H3,(H,31,38)/t26-,28-/m0/s1. The number of carbonyl (C=O) groups is 3. The first-order valence-corrected chi connectivity index (χ1v) is 13.5. The molecule has 2 aliphatic heterocycles. The molecule has 0 aromatic heterocycles. The summed E-state index contributed by atoms with van der Waals surface area (Å²) >= 11 is 0. The lowest BCUT2D eigenvalue weighted by atomic mass is 9.98. The van der Waals surface area contributed by atoms with E-state index in [1.165, 1.54) is 6.42 Å². The maximum absolute atomic E-state index is 13.8. The van der Waals surface area contributed by atoms with Crippen molar-refractivity contribution in [1.82, 2.24) is 25.1 Å². The predicted molar refractivity (Wildman–Crippen MR) is 146 cm³/mol. The largest absolute Gasteiger partial charge is 0.337 e. The van der Waals surface area contributed by atoms with Crippen molar-refractivity contribution >= 4 is 17.8 Å². The molecule has 0 spiro atoms. The highest BCUT2D eigenvalue weighted by molar-refractivity contribution is 5.92. The number of carbonyl (C=O) groups excluding carboxylic acids is 3. The van der Waals surface area contributed by atoms with Crippen LogP contribution in [0.15, 0.2) is 60.7 Å². The number of urea groups is 1. The van der Waals surface area contributed by atoms with Gasteiger partial charge in [0.1, 0.15) is 12.2 Å². The lowest BCUT2D eigenvalue weighted by Gasteiger charge is -2.55. The maximum Gasteiger partial charge on any atom is 0.334 e. The third kappa shape index (κ3) is 6.17. The molecular formula is C30H37N5O3. The molecular weight excluding hydrogens is 478 g/mol. The van der Waals surface area contributed by atoms with Gasteiger partial charge in [-0.25, -0.2) is 9.80 Å². The lowest BCUT2D eigenvalue weighted by Crippen LogP contribution is -2.74. The number of hydrogen-bond donors (Lipinski definition) is 1. The van der Waals surface area contributed by atoms with Crippen LogP contribution in [-0.4, -0.2) is 70.0 Å². The molecule has 0 saturated carbocycles. The summed E-state index contributed by atoms with van der Waals surface area (Å²) in [5.74, 6) is 2.26. The normalized spacial score (nSPS) is 19.7. The van der Waals surface area contributed by atoms with Gasteiger partial charge in [-0.05, 0) is 17.5 Å². The average molecular weight is 516 g/mol. The minimum absolute atomic E-state index is 0.0763. The van der Waals surface area contributed by atoms with E-state index in [1.807, 2.05) is 65.6 Å². The molecule has 2 saturated heterocycles. The van der Waals surface area contributed by atoms with Gasteiger partial charge in [0, 0.05) is 13.1 Å². The summed E-state index contributed by atoms with van der Waals surface area (Å²) in [5, 5.41) is 6.15. The van der Waals surface area contributed by atoms with Crippen LogP contribution in [0.3, 0.4) is 0 Å². The molecule has 0 bridgehead atoms. The first kappa shape index (κ1) is 27.2. The fourth-order valence-corrected chi connectivity index (χ4v) is 5.25. The third-order valence-corrected chi connectivity index (χ3v) is 7.14. The van der Waals surface area contributed by atoms with Crippen LogP contribution in [0.4, 0.5) is 4.79 Å². The fourth-order valence-electron chi connectivity index (χ4n) is 5.25. The van der Waals surface area contributed by atoms with E-state index in [9.17, 15) is 14.4 Å². The molecule has 38 heavy (non-hydrogen) atoms. The number of fused-ring (bicyclic) bond motifs is 1. The van der Waals surface area contributed by atoms with E-state index in [4.69, 9.17) is 6.42 Å². The van der Waals surface area contributed by atoms with Gasteiger partial charge in [0.05, 0.1) is 19.6 Å². The zero-order valence-electron chi connectivity index (χ0n) is 22.1. The smallest absolute Gasteiger partial charge is 0.334 e. The Morgan fingerprint density at radius 3 is 2.37 bits per heavy atom. The minimum Gasteiger partial charge on any atom is -0.337 e. The Morgan fingerprint density at radius 2 is 1.68 bits per heavy atom. The summed E-state index contributed by atoms with van der Waals surface area (Å²) in [6.07, 6.45) is 10.3. The van der Waals surface area contributed by atoms with Crippen molar-refractivity contribution in [1.29, 1.82) is 0 Å². The number of unbranched alkanes of at least 4 members (excludes halogenated alkanes) is 4. The summed E-state index contributed by atoms with van der Waals surface area (Å²) in [4.78, 5) is 44.4. The Balaban J connectivity index is 1.63.